The average Bonchev–Trinajstić information content (AvgIpc) is 2.86. The number of esters is 2. The molecule has 1 aliphatic rings. The number of benzene rings is 2. The highest BCUT2D eigenvalue weighted by Gasteiger charge is 2.32. The Labute approximate surface area is 187 Å². The zero-order chi connectivity index (χ0) is 22.9. The molecule has 32 heavy (non-hydrogen) atoms. The standard InChI is InChI=1S/C24H28N2O6/c1-30-23(28)20-15-32-16-26(22(20)24(29)31-2)19-10-8-17(9-11-19)12-13-25-14-21(27)18-6-4-3-5-7-18/h3-11,21,25,27H,12-16H2,1-2H3. The Balaban J connectivity index is 1.61. The van der Waals surface area contributed by atoms with E-state index in [2.05, 4.69) is 5.32 Å². The van der Waals surface area contributed by atoms with Gasteiger partial charge in [-0.3, -0.25) is 0 Å². The van der Waals surface area contributed by atoms with Crippen molar-refractivity contribution in [2.24, 2.45) is 0 Å². The highest BCUT2D eigenvalue weighted by Crippen LogP contribution is 2.27. The van der Waals surface area contributed by atoms with Crippen LogP contribution in [0, 0.1) is 0 Å². The summed E-state index contributed by atoms with van der Waals surface area (Å²) in [5.41, 5.74) is 2.91. The van der Waals surface area contributed by atoms with Crippen molar-refractivity contribution in [3.05, 3.63) is 77.0 Å². The van der Waals surface area contributed by atoms with E-state index in [1.165, 1.54) is 14.2 Å². The maximum absolute atomic E-state index is 12.4. The predicted octanol–water partition coefficient (Wildman–Crippen LogP) is 1.95. The monoisotopic (exact) mass is 440 g/mol. The second-order valence-electron chi connectivity index (χ2n) is 7.26. The van der Waals surface area contributed by atoms with Crippen LogP contribution in [-0.2, 0) is 30.2 Å². The van der Waals surface area contributed by atoms with Gasteiger partial charge in [0.25, 0.3) is 0 Å². The van der Waals surface area contributed by atoms with Crippen LogP contribution in [0.1, 0.15) is 17.2 Å². The molecule has 0 radical (unpaired) electrons. The second kappa shape index (κ2) is 11.4. The van der Waals surface area contributed by atoms with Gasteiger partial charge in [0.2, 0.25) is 0 Å². The first kappa shape index (κ1) is 23.5. The lowest BCUT2D eigenvalue weighted by Crippen LogP contribution is -2.38. The topological polar surface area (TPSA) is 97.3 Å². The summed E-state index contributed by atoms with van der Waals surface area (Å²) in [4.78, 5) is 26.1. The zero-order valence-corrected chi connectivity index (χ0v) is 18.2. The van der Waals surface area contributed by atoms with E-state index in [0.717, 1.165) is 17.5 Å². The number of methoxy groups -OCH3 is 2. The van der Waals surface area contributed by atoms with Gasteiger partial charge in [0.1, 0.15) is 12.4 Å². The molecule has 3 rings (SSSR count). The minimum Gasteiger partial charge on any atom is -0.466 e. The smallest absolute Gasteiger partial charge is 0.355 e. The highest BCUT2D eigenvalue weighted by atomic mass is 16.5. The largest absolute Gasteiger partial charge is 0.466 e. The Morgan fingerprint density at radius 1 is 1.06 bits per heavy atom. The fourth-order valence-electron chi connectivity index (χ4n) is 3.45. The van der Waals surface area contributed by atoms with Gasteiger partial charge < -0.3 is 29.5 Å². The Hall–Kier alpha value is -3.20. The lowest BCUT2D eigenvalue weighted by atomic mass is 10.1. The molecule has 0 amide bonds. The van der Waals surface area contributed by atoms with Gasteiger partial charge in [0.05, 0.1) is 32.5 Å². The van der Waals surface area contributed by atoms with Crippen molar-refractivity contribution in [2.45, 2.75) is 12.5 Å². The van der Waals surface area contributed by atoms with Crippen LogP contribution in [0.4, 0.5) is 5.69 Å². The molecule has 0 saturated carbocycles. The van der Waals surface area contributed by atoms with Crippen LogP contribution in [-0.4, -0.2) is 57.7 Å². The lowest BCUT2D eigenvalue weighted by molar-refractivity contribution is -0.140. The molecular weight excluding hydrogens is 412 g/mol. The summed E-state index contributed by atoms with van der Waals surface area (Å²) in [6, 6.07) is 17.2. The van der Waals surface area contributed by atoms with E-state index < -0.39 is 18.0 Å². The summed E-state index contributed by atoms with van der Waals surface area (Å²) in [6.07, 6.45) is 0.219. The minimum atomic E-state index is -0.629. The van der Waals surface area contributed by atoms with E-state index in [1.807, 2.05) is 54.6 Å². The van der Waals surface area contributed by atoms with Crippen LogP contribution in [0.15, 0.2) is 65.9 Å². The summed E-state index contributed by atoms with van der Waals surface area (Å²) >= 11 is 0. The van der Waals surface area contributed by atoms with Crippen LogP contribution in [0.25, 0.3) is 0 Å². The van der Waals surface area contributed by atoms with Gasteiger partial charge in [0.15, 0.2) is 0 Å². The molecule has 1 aliphatic heterocycles. The number of nitrogens with zero attached hydrogens (tertiary/aromatic N) is 1. The fourth-order valence-corrected chi connectivity index (χ4v) is 3.45. The predicted molar refractivity (Wildman–Crippen MR) is 119 cm³/mol. The first-order chi connectivity index (χ1) is 15.5. The Morgan fingerprint density at radius 2 is 1.75 bits per heavy atom. The molecule has 0 aliphatic carbocycles. The molecule has 170 valence electrons. The van der Waals surface area contributed by atoms with E-state index in [0.29, 0.717) is 18.8 Å². The van der Waals surface area contributed by atoms with Gasteiger partial charge in [-0.2, -0.15) is 0 Å². The summed E-state index contributed by atoms with van der Waals surface area (Å²) in [5.74, 6) is -1.26. The molecule has 2 N–H and O–H groups in total. The van der Waals surface area contributed by atoms with Crippen molar-refractivity contribution < 1.29 is 28.9 Å². The average molecular weight is 440 g/mol. The van der Waals surface area contributed by atoms with Crippen LogP contribution in [0.5, 0.6) is 0 Å². The Bertz CT molecular complexity index is 943. The Kier molecular flexibility index (Phi) is 8.38. The van der Waals surface area contributed by atoms with Gasteiger partial charge in [-0.25, -0.2) is 9.59 Å². The fraction of sp³-hybridized carbons (Fsp3) is 0.333. The SMILES string of the molecule is COC(=O)C1=C(C(=O)OC)N(c2ccc(CCNCC(O)c3ccccc3)cc2)COC1. The number of rotatable bonds is 9. The molecule has 2 aromatic carbocycles. The third-order valence-electron chi connectivity index (χ3n) is 5.19. The molecule has 1 unspecified atom stereocenters. The van der Waals surface area contributed by atoms with Crippen molar-refractivity contribution in [1.82, 2.24) is 5.32 Å². The molecule has 0 saturated heterocycles. The van der Waals surface area contributed by atoms with Crippen LogP contribution < -0.4 is 10.2 Å². The van der Waals surface area contributed by atoms with E-state index >= 15 is 0 Å². The molecule has 1 heterocycles. The van der Waals surface area contributed by atoms with E-state index in [1.54, 1.807) is 4.90 Å². The number of ether oxygens (including phenoxy) is 3. The maximum atomic E-state index is 12.4. The molecular formula is C24H28N2O6. The normalized spacial score (nSPS) is 14.8. The van der Waals surface area contributed by atoms with Gasteiger partial charge in [-0.15, -0.1) is 0 Å². The molecule has 0 aromatic heterocycles. The van der Waals surface area contributed by atoms with Crippen molar-refractivity contribution >= 4 is 17.6 Å². The third-order valence-corrected chi connectivity index (χ3v) is 5.19. The van der Waals surface area contributed by atoms with Crippen molar-refractivity contribution in [1.29, 1.82) is 0 Å². The number of carbonyl (C=O) groups excluding carboxylic acids is 2. The van der Waals surface area contributed by atoms with E-state index in [4.69, 9.17) is 14.2 Å². The van der Waals surface area contributed by atoms with Gasteiger partial charge in [0, 0.05) is 12.2 Å². The van der Waals surface area contributed by atoms with Crippen molar-refractivity contribution in [3.63, 3.8) is 0 Å². The number of aliphatic hydroxyl groups excluding tert-OH is 1. The first-order valence-electron chi connectivity index (χ1n) is 10.3. The van der Waals surface area contributed by atoms with E-state index in [9.17, 15) is 14.7 Å². The second-order valence-corrected chi connectivity index (χ2v) is 7.26. The van der Waals surface area contributed by atoms with Crippen LogP contribution in [0.2, 0.25) is 0 Å². The molecule has 1 atom stereocenters. The number of hydrogen-bond acceptors (Lipinski definition) is 8. The molecule has 8 nitrogen and oxygen atoms in total. The van der Waals surface area contributed by atoms with Crippen molar-refractivity contribution in [3.8, 4) is 0 Å². The molecule has 0 bridgehead atoms. The minimum absolute atomic E-state index is 0.0216. The molecule has 8 heteroatoms. The number of hydrogen-bond donors (Lipinski definition) is 2. The first-order valence-corrected chi connectivity index (χ1v) is 10.3. The number of anilines is 1. The summed E-state index contributed by atoms with van der Waals surface area (Å²) < 4.78 is 15.1. The van der Waals surface area contributed by atoms with Gasteiger partial charge in [-0.05, 0) is 36.2 Å². The van der Waals surface area contributed by atoms with Crippen LogP contribution in [0.3, 0.4) is 0 Å². The molecule has 0 spiro atoms. The zero-order valence-electron chi connectivity index (χ0n) is 18.2. The summed E-state index contributed by atoms with van der Waals surface area (Å²) in [7, 11) is 2.52. The van der Waals surface area contributed by atoms with Crippen molar-refractivity contribution in [2.75, 3.05) is 45.5 Å². The quantitative estimate of drug-likeness (QED) is 0.451. The van der Waals surface area contributed by atoms with Gasteiger partial charge in [-0.1, -0.05) is 42.5 Å². The molecule has 0 fully saturated rings. The van der Waals surface area contributed by atoms with Crippen LogP contribution >= 0.6 is 0 Å². The highest BCUT2D eigenvalue weighted by molar-refractivity contribution is 6.03. The van der Waals surface area contributed by atoms with E-state index in [-0.39, 0.29) is 24.6 Å². The number of aliphatic hydroxyl groups is 1. The third kappa shape index (κ3) is 5.73. The summed E-state index contributed by atoms with van der Waals surface area (Å²) in [6.45, 7) is 1.27. The number of nitrogens with one attached hydrogen (secondary N) is 1. The lowest BCUT2D eigenvalue weighted by Gasteiger charge is -2.31. The van der Waals surface area contributed by atoms with Gasteiger partial charge >= 0.3 is 11.9 Å². The maximum Gasteiger partial charge on any atom is 0.355 e. The Morgan fingerprint density at radius 3 is 2.41 bits per heavy atom. The summed E-state index contributed by atoms with van der Waals surface area (Å²) in [5, 5.41) is 13.5. The number of carbonyl (C=O) groups is 2. The molecule has 2 aromatic rings.